The first-order valence-electron chi connectivity index (χ1n) is 9.25. The van der Waals surface area contributed by atoms with Gasteiger partial charge in [-0.3, -0.25) is 9.69 Å². The lowest BCUT2D eigenvalue weighted by Gasteiger charge is -2.37. The third-order valence-electron chi connectivity index (χ3n) is 5.41. The summed E-state index contributed by atoms with van der Waals surface area (Å²) in [5.74, 6) is 0.825. The van der Waals surface area contributed by atoms with E-state index in [-0.39, 0.29) is 17.4 Å². The zero-order valence-electron chi connectivity index (χ0n) is 15.4. The molecule has 1 saturated heterocycles. The summed E-state index contributed by atoms with van der Waals surface area (Å²) in [5.41, 5.74) is 2.30. The Kier molecular flexibility index (Phi) is 5.28. The molecule has 1 aromatic carbocycles. The maximum absolute atomic E-state index is 13.1. The van der Waals surface area contributed by atoms with Gasteiger partial charge in [0.25, 0.3) is 5.56 Å². The van der Waals surface area contributed by atoms with E-state index in [0.29, 0.717) is 18.0 Å². The van der Waals surface area contributed by atoms with Crippen molar-refractivity contribution in [2.75, 3.05) is 13.1 Å². The number of rotatable bonds is 4. The monoisotopic (exact) mass is 340 g/mol. The van der Waals surface area contributed by atoms with Crippen LogP contribution in [0.25, 0.3) is 0 Å². The summed E-state index contributed by atoms with van der Waals surface area (Å²) in [5, 5.41) is 10.7. The lowest BCUT2D eigenvalue weighted by molar-refractivity contribution is 0.154. The third kappa shape index (κ3) is 3.49. The molecule has 0 spiro atoms. The Balaban J connectivity index is 2.14. The fourth-order valence-corrected chi connectivity index (χ4v) is 3.90. The highest BCUT2D eigenvalue weighted by atomic mass is 16.3. The number of aromatic nitrogens is 1. The van der Waals surface area contributed by atoms with Gasteiger partial charge in [0.05, 0.1) is 11.6 Å². The highest BCUT2D eigenvalue weighted by molar-refractivity contribution is 5.41. The molecule has 4 nitrogen and oxygen atoms in total. The summed E-state index contributed by atoms with van der Waals surface area (Å²) < 4.78 is 1.75. The van der Waals surface area contributed by atoms with Crippen LogP contribution in [0, 0.1) is 12.8 Å². The number of hydrogen-bond donors (Lipinski definition) is 1. The minimum atomic E-state index is -0.195. The predicted molar refractivity (Wildman–Crippen MR) is 101 cm³/mol. The average Bonchev–Trinajstić information content (AvgIpc) is 2.60. The van der Waals surface area contributed by atoms with Gasteiger partial charge in [0.1, 0.15) is 5.75 Å². The van der Waals surface area contributed by atoms with Crippen LogP contribution < -0.4 is 5.56 Å². The Bertz CT molecular complexity index is 774. The van der Waals surface area contributed by atoms with Crippen molar-refractivity contribution < 1.29 is 5.11 Å². The molecule has 2 aromatic rings. The smallest absolute Gasteiger partial charge is 0.259 e. The van der Waals surface area contributed by atoms with Crippen LogP contribution in [0.2, 0.25) is 0 Å². The number of likely N-dealkylation sites (tertiary alicyclic amines) is 1. The topological polar surface area (TPSA) is 45.5 Å². The highest BCUT2D eigenvalue weighted by Gasteiger charge is 2.30. The van der Waals surface area contributed by atoms with Gasteiger partial charge >= 0.3 is 0 Å². The fourth-order valence-electron chi connectivity index (χ4n) is 3.90. The molecule has 0 aliphatic carbocycles. The van der Waals surface area contributed by atoms with Crippen LogP contribution in [0.3, 0.4) is 0 Å². The van der Waals surface area contributed by atoms with Crippen LogP contribution in [0.15, 0.2) is 41.2 Å². The molecule has 1 aliphatic heterocycles. The number of benzene rings is 1. The van der Waals surface area contributed by atoms with Gasteiger partial charge in [0, 0.05) is 12.2 Å². The molecule has 0 bridgehead atoms. The van der Waals surface area contributed by atoms with Gasteiger partial charge in [-0.2, -0.15) is 0 Å². The molecule has 25 heavy (non-hydrogen) atoms. The molecule has 1 aliphatic rings. The first kappa shape index (κ1) is 17.7. The number of piperidine rings is 1. The second kappa shape index (κ2) is 7.44. The Hall–Kier alpha value is -2.07. The van der Waals surface area contributed by atoms with Gasteiger partial charge in [-0.15, -0.1) is 0 Å². The van der Waals surface area contributed by atoms with Gasteiger partial charge in [-0.1, -0.05) is 37.3 Å². The maximum Gasteiger partial charge on any atom is 0.259 e. The molecule has 1 fully saturated rings. The van der Waals surface area contributed by atoms with E-state index in [1.54, 1.807) is 10.6 Å². The number of nitrogens with zero attached hydrogens (tertiary/aromatic N) is 2. The van der Waals surface area contributed by atoms with E-state index in [4.69, 9.17) is 0 Å². The number of aryl methyl sites for hydroxylation is 1. The van der Waals surface area contributed by atoms with Crippen molar-refractivity contribution in [3.05, 3.63) is 63.6 Å². The van der Waals surface area contributed by atoms with E-state index in [1.165, 1.54) is 0 Å². The molecule has 0 saturated carbocycles. The van der Waals surface area contributed by atoms with Gasteiger partial charge < -0.3 is 9.67 Å². The molecule has 0 unspecified atom stereocenters. The summed E-state index contributed by atoms with van der Waals surface area (Å²) in [6, 6.07) is 11.6. The van der Waals surface area contributed by atoms with Gasteiger partial charge in [0.15, 0.2) is 0 Å². The Morgan fingerprint density at radius 3 is 2.44 bits per heavy atom. The van der Waals surface area contributed by atoms with E-state index in [9.17, 15) is 9.90 Å². The van der Waals surface area contributed by atoms with Crippen molar-refractivity contribution in [3.63, 3.8) is 0 Å². The van der Waals surface area contributed by atoms with E-state index in [1.807, 2.05) is 32.0 Å². The zero-order valence-corrected chi connectivity index (χ0v) is 15.4. The van der Waals surface area contributed by atoms with Gasteiger partial charge in [-0.25, -0.2) is 0 Å². The third-order valence-corrected chi connectivity index (χ3v) is 5.41. The molecule has 3 rings (SSSR count). The molecule has 4 heteroatoms. The normalized spacial score (nSPS) is 17.6. The van der Waals surface area contributed by atoms with Crippen molar-refractivity contribution in [2.24, 2.45) is 5.92 Å². The van der Waals surface area contributed by atoms with Crippen LogP contribution in [-0.4, -0.2) is 27.7 Å². The van der Waals surface area contributed by atoms with Gasteiger partial charge in [0.2, 0.25) is 0 Å². The molecule has 0 amide bonds. The average molecular weight is 340 g/mol. The Labute approximate surface area is 149 Å². The molecule has 1 N–H and O–H groups in total. The SMILES string of the molecule is CCn1c(C)cc(O)c([C@H](c2ccccc2)N2CCC(C)CC2)c1=O. The number of pyridine rings is 1. The van der Waals surface area contributed by atoms with Crippen molar-refractivity contribution >= 4 is 0 Å². The summed E-state index contributed by atoms with van der Waals surface area (Å²) in [6.45, 7) is 8.61. The molecule has 1 atom stereocenters. The van der Waals surface area contributed by atoms with E-state index < -0.39 is 0 Å². The molecular weight excluding hydrogens is 312 g/mol. The first-order chi connectivity index (χ1) is 12.0. The van der Waals surface area contributed by atoms with Crippen molar-refractivity contribution in [2.45, 2.75) is 46.2 Å². The number of aromatic hydroxyl groups is 1. The van der Waals surface area contributed by atoms with Crippen molar-refractivity contribution in [3.8, 4) is 5.75 Å². The number of hydrogen-bond acceptors (Lipinski definition) is 3. The zero-order chi connectivity index (χ0) is 18.0. The van der Waals surface area contributed by atoms with Crippen LogP contribution in [0.4, 0.5) is 0 Å². The quantitative estimate of drug-likeness (QED) is 0.923. The second-order valence-electron chi connectivity index (χ2n) is 7.17. The second-order valence-corrected chi connectivity index (χ2v) is 7.17. The fraction of sp³-hybridized carbons (Fsp3) is 0.476. The van der Waals surface area contributed by atoms with Crippen LogP contribution in [0.1, 0.15) is 49.6 Å². The summed E-state index contributed by atoms with van der Waals surface area (Å²) in [6.07, 6.45) is 2.25. The summed E-state index contributed by atoms with van der Waals surface area (Å²) in [4.78, 5) is 15.5. The predicted octanol–water partition coefficient (Wildman–Crippen LogP) is 3.70. The lowest BCUT2D eigenvalue weighted by atomic mass is 9.92. The summed E-state index contributed by atoms with van der Waals surface area (Å²) in [7, 11) is 0. The maximum atomic E-state index is 13.1. The highest BCUT2D eigenvalue weighted by Crippen LogP contribution is 2.35. The standard InChI is InChI=1S/C21H28N2O2/c1-4-23-16(3)14-18(24)19(21(23)25)20(17-8-6-5-7-9-17)22-12-10-15(2)11-13-22/h5-9,14-15,20,24H,4,10-13H2,1-3H3/t20-/m0/s1. The van der Waals surface area contributed by atoms with Crippen LogP contribution in [0.5, 0.6) is 5.75 Å². The van der Waals surface area contributed by atoms with Crippen LogP contribution in [-0.2, 0) is 6.54 Å². The van der Waals surface area contributed by atoms with Gasteiger partial charge in [-0.05, 0) is 57.3 Å². The van der Waals surface area contributed by atoms with E-state index in [0.717, 1.165) is 37.2 Å². The Morgan fingerprint density at radius 2 is 1.84 bits per heavy atom. The lowest BCUT2D eigenvalue weighted by Crippen LogP contribution is -2.40. The minimum absolute atomic E-state index is 0.0764. The minimum Gasteiger partial charge on any atom is -0.507 e. The largest absolute Gasteiger partial charge is 0.507 e. The Morgan fingerprint density at radius 1 is 1.20 bits per heavy atom. The molecule has 134 valence electrons. The molecule has 1 aromatic heterocycles. The van der Waals surface area contributed by atoms with Crippen molar-refractivity contribution in [1.82, 2.24) is 9.47 Å². The summed E-state index contributed by atoms with van der Waals surface area (Å²) >= 11 is 0. The first-order valence-corrected chi connectivity index (χ1v) is 9.25. The van der Waals surface area contributed by atoms with E-state index in [2.05, 4.69) is 24.0 Å². The van der Waals surface area contributed by atoms with E-state index >= 15 is 0 Å². The molecule has 0 radical (unpaired) electrons. The van der Waals surface area contributed by atoms with Crippen molar-refractivity contribution in [1.29, 1.82) is 0 Å². The van der Waals surface area contributed by atoms with Crippen LogP contribution >= 0.6 is 0 Å². The molecular formula is C21H28N2O2. The molecule has 2 heterocycles.